The molecule has 98 valence electrons. The summed E-state index contributed by atoms with van der Waals surface area (Å²) in [4.78, 5) is 25.4. The molecule has 1 saturated heterocycles. The van der Waals surface area contributed by atoms with E-state index in [0.29, 0.717) is 29.3 Å². The van der Waals surface area contributed by atoms with Gasteiger partial charge in [0.15, 0.2) is 0 Å². The summed E-state index contributed by atoms with van der Waals surface area (Å²) in [7, 11) is 1.35. The number of esters is 1. The zero-order chi connectivity index (χ0) is 13.3. The third kappa shape index (κ3) is 2.27. The average molecular weight is 285 g/mol. The molecule has 1 unspecified atom stereocenters. The summed E-state index contributed by atoms with van der Waals surface area (Å²) in [5, 5.41) is 2.58. The van der Waals surface area contributed by atoms with Gasteiger partial charge in [0.25, 0.3) is 0 Å². The number of rotatable bonds is 3. The molecule has 4 nitrogen and oxygen atoms in total. The Morgan fingerprint density at radius 2 is 2.39 bits per heavy atom. The number of carbonyl (C=O) groups is 2. The number of hydrogen-bond donors (Lipinski definition) is 1. The lowest BCUT2D eigenvalue weighted by molar-refractivity contribution is -0.117. The highest BCUT2D eigenvalue weighted by molar-refractivity contribution is 7.80. The number of hydrogen-bond acceptors (Lipinski definition) is 5. The molecular formula is C12H15NO3S2. The van der Waals surface area contributed by atoms with E-state index >= 15 is 0 Å². The first kappa shape index (κ1) is 13.4. The fourth-order valence-corrected chi connectivity index (χ4v) is 3.40. The third-order valence-electron chi connectivity index (χ3n) is 3.05. The van der Waals surface area contributed by atoms with Crippen LogP contribution in [0.15, 0.2) is 5.38 Å². The van der Waals surface area contributed by atoms with Crippen LogP contribution in [-0.2, 0) is 9.53 Å². The molecule has 0 spiro atoms. The number of carbonyl (C=O) groups excluding carboxylic acids is 2. The molecule has 18 heavy (non-hydrogen) atoms. The number of thiol groups is 1. The number of thiophene rings is 1. The van der Waals surface area contributed by atoms with Crippen molar-refractivity contribution in [2.24, 2.45) is 5.92 Å². The molecule has 0 N–H and O–H groups in total. The molecule has 0 aliphatic carbocycles. The van der Waals surface area contributed by atoms with Gasteiger partial charge in [0, 0.05) is 13.0 Å². The van der Waals surface area contributed by atoms with Crippen molar-refractivity contribution < 1.29 is 14.3 Å². The fourth-order valence-electron chi connectivity index (χ4n) is 2.08. The van der Waals surface area contributed by atoms with E-state index in [-0.39, 0.29) is 17.8 Å². The van der Waals surface area contributed by atoms with Gasteiger partial charge in [0.1, 0.15) is 5.00 Å². The van der Waals surface area contributed by atoms with Crippen LogP contribution in [-0.4, -0.2) is 31.3 Å². The Morgan fingerprint density at radius 1 is 1.67 bits per heavy atom. The molecule has 0 aromatic carbocycles. The van der Waals surface area contributed by atoms with Crippen LogP contribution in [0.2, 0.25) is 0 Å². The van der Waals surface area contributed by atoms with Gasteiger partial charge >= 0.3 is 5.97 Å². The molecule has 2 heterocycles. The lowest BCUT2D eigenvalue weighted by atomic mass is 10.1. The third-order valence-corrected chi connectivity index (χ3v) is 4.69. The van der Waals surface area contributed by atoms with E-state index in [1.807, 2.05) is 12.3 Å². The summed E-state index contributed by atoms with van der Waals surface area (Å²) in [6.07, 6.45) is 0.501. The van der Waals surface area contributed by atoms with Crippen LogP contribution in [0.3, 0.4) is 0 Å². The summed E-state index contributed by atoms with van der Waals surface area (Å²) in [6, 6.07) is 0. The Hall–Kier alpha value is -1.01. The summed E-state index contributed by atoms with van der Waals surface area (Å²) in [5.74, 6) is 0.612. The van der Waals surface area contributed by atoms with E-state index in [9.17, 15) is 9.59 Å². The predicted octanol–water partition coefficient (Wildman–Crippen LogP) is 2.13. The fraction of sp³-hybridized carbons (Fsp3) is 0.500. The Labute approximate surface area is 115 Å². The number of aryl methyl sites for hydroxylation is 1. The van der Waals surface area contributed by atoms with Crippen molar-refractivity contribution in [2.75, 3.05) is 24.3 Å². The van der Waals surface area contributed by atoms with Gasteiger partial charge in [0.2, 0.25) is 5.91 Å². The molecule has 1 amide bonds. The first-order chi connectivity index (χ1) is 8.58. The monoisotopic (exact) mass is 285 g/mol. The van der Waals surface area contributed by atoms with E-state index in [2.05, 4.69) is 12.6 Å². The minimum atomic E-state index is -0.383. The molecular weight excluding hydrogens is 270 g/mol. The van der Waals surface area contributed by atoms with Crippen LogP contribution >= 0.6 is 24.0 Å². The van der Waals surface area contributed by atoms with Crippen LogP contribution in [0.25, 0.3) is 0 Å². The van der Waals surface area contributed by atoms with Gasteiger partial charge in [-0.15, -0.1) is 11.3 Å². The largest absolute Gasteiger partial charge is 0.465 e. The highest BCUT2D eigenvalue weighted by Gasteiger charge is 2.33. The molecule has 0 saturated carbocycles. The first-order valence-electron chi connectivity index (χ1n) is 5.66. The summed E-state index contributed by atoms with van der Waals surface area (Å²) in [5.41, 5.74) is 1.36. The normalized spacial score (nSPS) is 19.4. The van der Waals surface area contributed by atoms with Crippen molar-refractivity contribution >= 4 is 40.8 Å². The van der Waals surface area contributed by atoms with E-state index in [1.165, 1.54) is 18.4 Å². The minimum absolute atomic E-state index is 0.0565. The maximum Gasteiger partial charge on any atom is 0.341 e. The van der Waals surface area contributed by atoms with Gasteiger partial charge < -0.3 is 9.64 Å². The molecule has 1 aliphatic heterocycles. The van der Waals surface area contributed by atoms with Gasteiger partial charge in [-0.05, 0) is 29.5 Å². The number of amides is 1. The van der Waals surface area contributed by atoms with Crippen molar-refractivity contribution in [3.05, 3.63) is 16.5 Å². The zero-order valence-corrected chi connectivity index (χ0v) is 12.0. The van der Waals surface area contributed by atoms with Crippen LogP contribution in [0.4, 0.5) is 5.00 Å². The van der Waals surface area contributed by atoms with Gasteiger partial charge in [-0.25, -0.2) is 4.79 Å². The molecule has 1 aromatic rings. The molecule has 0 bridgehead atoms. The predicted molar refractivity (Wildman–Crippen MR) is 74.7 cm³/mol. The minimum Gasteiger partial charge on any atom is -0.465 e. The van der Waals surface area contributed by atoms with Gasteiger partial charge in [-0.1, -0.05) is 0 Å². The number of anilines is 1. The Balaban J connectivity index is 2.34. The SMILES string of the molecule is COC(=O)c1c(C)csc1N1CC(CS)CC1=O. The standard InChI is InChI=1S/C12H15NO3S2/c1-7-6-18-11(10(7)12(15)16-2)13-4-8(5-17)3-9(13)14/h6,8,17H,3-5H2,1-2H3. The Bertz CT molecular complexity index is 484. The zero-order valence-electron chi connectivity index (χ0n) is 10.3. The summed E-state index contributed by atoms with van der Waals surface area (Å²) < 4.78 is 4.78. The topological polar surface area (TPSA) is 46.6 Å². The number of nitrogens with zero attached hydrogens (tertiary/aromatic N) is 1. The maximum atomic E-state index is 12.0. The van der Waals surface area contributed by atoms with Gasteiger partial charge in [0.05, 0.1) is 12.7 Å². The Morgan fingerprint density at radius 3 is 2.94 bits per heavy atom. The number of ether oxygens (including phenoxy) is 1. The lowest BCUT2D eigenvalue weighted by Gasteiger charge is -2.16. The number of methoxy groups -OCH3 is 1. The van der Waals surface area contributed by atoms with Crippen molar-refractivity contribution in [1.82, 2.24) is 0 Å². The van der Waals surface area contributed by atoms with E-state index in [4.69, 9.17) is 4.74 Å². The second-order valence-corrected chi connectivity index (χ2v) is 5.57. The maximum absolute atomic E-state index is 12.0. The van der Waals surface area contributed by atoms with Crippen LogP contribution in [0, 0.1) is 12.8 Å². The second kappa shape index (κ2) is 5.32. The Kier molecular flexibility index (Phi) is 3.97. The van der Waals surface area contributed by atoms with Crippen LogP contribution in [0.5, 0.6) is 0 Å². The molecule has 1 aromatic heterocycles. The molecule has 6 heteroatoms. The van der Waals surface area contributed by atoms with Gasteiger partial charge in [-0.2, -0.15) is 12.6 Å². The second-order valence-electron chi connectivity index (χ2n) is 4.35. The molecule has 2 rings (SSSR count). The molecule has 0 radical (unpaired) electrons. The molecule has 1 fully saturated rings. The van der Waals surface area contributed by atoms with E-state index < -0.39 is 0 Å². The highest BCUT2D eigenvalue weighted by atomic mass is 32.1. The highest BCUT2D eigenvalue weighted by Crippen LogP contribution is 2.35. The first-order valence-corrected chi connectivity index (χ1v) is 7.17. The van der Waals surface area contributed by atoms with Crippen LogP contribution in [0.1, 0.15) is 22.3 Å². The smallest absolute Gasteiger partial charge is 0.341 e. The molecule has 1 aliphatic rings. The average Bonchev–Trinajstić information content (AvgIpc) is 2.91. The molecule has 1 atom stereocenters. The van der Waals surface area contributed by atoms with Crippen LogP contribution < -0.4 is 4.90 Å². The van der Waals surface area contributed by atoms with Crippen molar-refractivity contribution in [2.45, 2.75) is 13.3 Å². The van der Waals surface area contributed by atoms with Crippen molar-refractivity contribution in [3.8, 4) is 0 Å². The van der Waals surface area contributed by atoms with Gasteiger partial charge in [-0.3, -0.25) is 4.79 Å². The quantitative estimate of drug-likeness (QED) is 0.683. The summed E-state index contributed by atoms with van der Waals surface area (Å²) in [6.45, 7) is 2.48. The van der Waals surface area contributed by atoms with E-state index in [0.717, 1.165) is 5.56 Å². The lowest BCUT2D eigenvalue weighted by Crippen LogP contribution is -2.25. The van der Waals surface area contributed by atoms with Crippen molar-refractivity contribution in [1.29, 1.82) is 0 Å². The van der Waals surface area contributed by atoms with Crippen molar-refractivity contribution in [3.63, 3.8) is 0 Å². The summed E-state index contributed by atoms with van der Waals surface area (Å²) >= 11 is 5.65. The van der Waals surface area contributed by atoms with E-state index in [1.54, 1.807) is 4.90 Å².